The molecule has 0 bridgehead atoms. The van der Waals surface area contributed by atoms with Gasteiger partial charge in [-0.3, -0.25) is 4.79 Å². The van der Waals surface area contributed by atoms with Crippen LogP contribution in [-0.2, 0) is 0 Å². The lowest BCUT2D eigenvalue weighted by Crippen LogP contribution is -2.12. The monoisotopic (exact) mass is 434 g/mol. The Balaban J connectivity index is 2.07. The highest BCUT2D eigenvalue weighted by atomic mass is 35.5. The molecule has 0 fully saturated rings. The fourth-order valence-electron chi connectivity index (χ4n) is 2.38. The smallest absolute Gasteiger partial charge is 0.288 e. The minimum absolute atomic E-state index is 0.0478. The van der Waals surface area contributed by atoms with Crippen molar-refractivity contribution in [3.63, 3.8) is 0 Å². The number of benzene rings is 2. The largest absolute Gasteiger partial charge is 0.417 e. The number of hydrogen-bond donors (Lipinski definition) is 0. The van der Waals surface area contributed by atoms with Gasteiger partial charge in [0.1, 0.15) is 0 Å². The van der Waals surface area contributed by atoms with Crippen LogP contribution in [0.5, 0.6) is 0 Å². The highest BCUT2D eigenvalue weighted by Gasteiger charge is 2.35. The summed E-state index contributed by atoms with van der Waals surface area (Å²) in [6.45, 7) is 0. The normalized spacial score (nSPS) is 12.6. The van der Waals surface area contributed by atoms with E-state index in [0.29, 0.717) is 16.5 Å². The number of allylic oxidation sites excluding steroid dienone is 2. The fourth-order valence-corrected chi connectivity index (χ4v) is 4.04. The molecule has 134 valence electrons. The number of carbonyl (C=O) groups excluding carboxylic acids is 1. The highest BCUT2D eigenvalue weighted by Crippen LogP contribution is 2.37. The summed E-state index contributed by atoms with van der Waals surface area (Å²) in [6, 6.07) is 10.1. The van der Waals surface area contributed by atoms with E-state index in [1.54, 1.807) is 18.2 Å². The molecule has 0 aliphatic carbocycles. The van der Waals surface area contributed by atoms with E-state index in [2.05, 4.69) is 0 Å². The fraction of sp³-hybridized carbons (Fsp3) is 0.0556. The second kappa shape index (κ2) is 7.24. The number of carbonyl (C=O) groups is 1. The van der Waals surface area contributed by atoms with Crippen LogP contribution in [0, 0.1) is 0 Å². The lowest BCUT2D eigenvalue weighted by Gasteiger charge is -2.12. The molecule has 0 aliphatic rings. The summed E-state index contributed by atoms with van der Waals surface area (Å²) in [5.74, 6) is -0.759. The summed E-state index contributed by atoms with van der Waals surface area (Å²) in [5, 5.41) is 1.27. The maximum absolute atomic E-state index is 13.5. The molecule has 0 saturated carbocycles. The van der Waals surface area contributed by atoms with Gasteiger partial charge >= 0.3 is 6.18 Å². The van der Waals surface area contributed by atoms with Crippen LogP contribution in [0.2, 0.25) is 15.1 Å². The molecule has 26 heavy (non-hydrogen) atoms. The van der Waals surface area contributed by atoms with Gasteiger partial charge in [-0.25, -0.2) is 0 Å². The van der Waals surface area contributed by atoms with E-state index in [0.717, 1.165) is 28.2 Å². The Hall–Kier alpha value is -1.53. The average Bonchev–Trinajstić information content (AvgIpc) is 2.93. The van der Waals surface area contributed by atoms with Crippen LogP contribution in [0.3, 0.4) is 0 Å². The third-order valence-corrected chi connectivity index (χ3v) is 5.28. The first-order chi connectivity index (χ1) is 12.1. The van der Waals surface area contributed by atoms with Crippen LogP contribution in [0.15, 0.2) is 48.5 Å². The SMILES string of the molecule is O=C(/C=C(\c1cc(Cl)cc(Cl)c1)C(F)(F)F)c1cc2cc(Cl)ccc2s1. The first-order valence-electron chi connectivity index (χ1n) is 7.12. The third-order valence-electron chi connectivity index (χ3n) is 3.48. The van der Waals surface area contributed by atoms with E-state index < -0.39 is 17.5 Å². The molecule has 0 amide bonds. The van der Waals surface area contributed by atoms with Crippen LogP contribution in [0.1, 0.15) is 15.2 Å². The summed E-state index contributed by atoms with van der Waals surface area (Å²) in [5.41, 5.74) is -1.38. The van der Waals surface area contributed by atoms with Crippen molar-refractivity contribution in [3.05, 3.63) is 74.0 Å². The molecule has 1 nitrogen and oxygen atoms in total. The summed E-state index contributed by atoms with van der Waals surface area (Å²) in [4.78, 5) is 12.6. The van der Waals surface area contributed by atoms with Gasteiger partial charge in [-0.15, -0.1) is 11.3 Å². The minimum atomic E-state index is -4.75. The Kier molecular flexibility index (Phi) is 5.35. The number of halogens is 6. The zero-order chi connectivity index (χ0) is 19.1. The summed E-state index contributed by atoms with van der Waals surface area (Å²) >= 11 is 18.6. The summed E-state index contributed by atoms with van der Waals surface area (Å²) in [7, 11) is 0. The van der Waals surface area contributed by atoms with E-state index in [1.165, 1.54) is 12.1 Å². The first-order valence-corrected chi connectivity index (χ1v) is 9.07. The van der Waals surface area contributed by atoms with Gasteiger partial charge in [-0.1, -0.05) is 34.8 Å². The van der Waals surface area contributed by atoms with Crippen molar-refractivity contribution < 1.29 is 18.0 Å². The van der Waals surface area contributed by atoms with E-state index in [-0.39, 0.29) is 20.5 Å². The molecule has 0 spiro atoms. The van der Waals surface area contributed by atoms with Gasteiger partial charge < -0.3 is 0 Å². The van der Waals surface area contributed by atoms with Crippen molar-refractivity contribution in [2.75, 3.05) is 0 Å². The average molecular weight is 436 g/mol. The molecule has 0 unspecified atom stereocenters. The van der Waals surface area contributed by atoms with Crippen LogP contribution in [0.25, 0.3) is 15.7 Å². The third kappa shape index (κ3) is 4.23. The Labute approximate surface area is 165 Å². The number of alkyl halides is 3. The zero-order valence-electron chi connectivity index (χ0n) is 12.7. The molecular weight excluding hydrogens is 428 g/mol. The molecule has 0 saturated heterocycles. The van der Waals surface area contributed by atoms with E-state index in [4.69, 9.17) is 34.8 Å². The molecule has 1 heterocycles. The van der Waals surface area contributed by atoms with Gasteiger partial charge in [0.25, 0.3) is 0 Å². The number of ketones is 1. The van der Waals surface area contributed by atoms with Crippen molar-refractivity contribution >= 4 is 67.6 Å². The highest BCUT2D eigenvalue weighted by molar-refractivity contribution is 7.21. The van der Waals surface area contributed by atoms with Crippen LogP contribution < -0.4 is 0 Å². The van der Waals surface area contributed by atoms with Gasteiger partial charge in [-0.05, 0) is 59.5 Å². The minimum Gasteiger partial charge on any atom is -0.288 e. The topological polar surface area (TPSA) is 17.1 Å². The van der Waals surface area contributed by atoms with Gasteiger partial charge in [0.05, 0.1) is 10.5 Å². The predicted molar refractivity (Wildman–Crippen MR) is 102 cm³/mol. The Morgan fingerprint density at radius 2 is 1.58 bits per heavy atom. The number of thiophene rings is 1. The van der Waals surface area contributed by atoms with Gasteiger partial charge in [0.15, 0.2) is 5.78 Å². The molecule has 0 atom stereocenters. The molecule has 3 aromatic rings. The molecule has 0 aliphatic heterocycles. The quantitative estimate of drug-likeness (QED) is 0.304. The standard InChI is InChI=1S/C18H8Cl3F3OS/c19-11-1-2-16-10(5-11)6-17(26-16)15(25)8-14(18(22,23)24)9-3-12(20)7-13(21)4-9/h1-8H/b14-8+. The molecule has 0 radical (unpaired) electrons. The number of fused-ring (bicyclic) bond motifs is 1. The van der Waals surface area contributed by atoms with Gasteiger partial charge in [0.2, 0.25) is 0 Å². The second-order valence-corrected chi connectivity index (χ2v) is 7.76. The van der Waals surface area contributed by atoms with E-state index in [9.17, 15) is 18.0 Å². The lowest BCUT2D eigenvalue weighted by atomic mass is 10.0. The zero-order valence-corrected chi connectivity index (χ0v) is 15.8. The van der Waals surface area contributed by atoms with Crippen molar-refractivity contribution in [1.29, 1.82) is 0 Å². The van der Waals surface area contributed by atoms with Crippen molar-refractivity contribution in [2.45, 2.75) is 6.18 Å². The van der Waals surface area contributed by atoms with Crippen LogP contribution >= 0.6 is 46.1 Å². The van der Waals surface area contributed by atoms with Gasteiger partial charge in [0, 0.05) is 19.8 Å². The van der Waals surface area contributed by atoms with E-state index in [1.807, 2.05) is 0 Å². The van der Waals surface area contributed by atoms with Crippen molar-refractivity contribution in [2.24, 2.45) is 0 Å². The maximum Gasteiger partial charge on any atom is 0.417 e. The molecule has 8 heteroatoms. The molecule has 0 N–H and O–H groups in total. The van der Waals surface area contributed by atoms with Crippen LogP contribution in [0.4, 0.5) is 13.2 Å². The number of rotatable bonds is 3. The Morgan fingerprint density at radius 3 is 2.19 bits per heavy atom. The predicted octanol–water partition coefficient (Wildman–Crippen LogP) is 7.69. The van der Waals surface area contributed by atoms with Gasteiger partial charge in [-0.2, -0.15) is 13.2 Å². The lowest BCUT2D eigenvalue weighted by molar-refractivity contribution is -0.0689. The van der Waals surface area contributed by atoms with Crippen molar-refractivity contribution in [3.8, 4) is 0 Å². The van der Waals surface area contributed by atoms with Crippen LogP contribution in [-0.4, -0.2) is 12.0 Å². The summed E-state index contributed by atoms with van der Waals surface area (Å²) < 4.78 is 41.2. The molecule has 1 aromatic heterocycles. The van der Waals surface area contributed by atoms with E-state index >= 15 is 0 Å². The molecular formula is C18H8Cl3F3OS. The summed E-state index contributed by atoms with van der Waals surface area (Å²) in [6.07, 6.45) is -4.18. The molecule has 3 rings (SSSR count). The molecule has 2 aromatic carbocycles. The Morgan fingerprint density at radius 1 is 0.923 bits per heavy atom. The first kappa shape index (κ1) is 19.2. The Bertz CT molecular complexity index is 1020. The maximum atomic E-state index is 13.5. The number of hydrogen-bond acceptors (Lipinski definition) is 2. The second-order valence-electron chi connectivity index (χ2n) is 5.37. The van der Waals surface area contributed by atoms with Crippen molar-refractivity contribution in [1.82, 2.24) is 0 Å².